The second kappa shape index (κ2) is 4.37. The smallest absolute Gasteiger partial charge is 0.129 e. The molecule has 16 heavy (non-hydrogen) atoms. The van der Waals surface area contributed by atoms with E-state index in [1.807, 2.05) is 12.1 Å². The van der Waals surface area contributed by atoms with Crippen molar-refractivity contribution in [1.82, 2.24) is 9.97 Å². The van der Waals surface area contributed by atoms with Crippen LogP contribution < -0.4 is 11.5 Å². The molecule has 0 atom stereocenters. The van der Waals surface area contributed by atoms with Crippen LogP contribution in [0, 0.1) is 0 Å². The van der Waals surface area contributed by atoms with E-state index in [2.05, 4.69) is 9.97 Å². The summed E-state index contributed by atoms with van der Waals surface area (Å²) in [7, 11) is 0. The molecule has 2 rings (SSSR count). The Bertz CT molecular complexity index is 496. The van der Waals surface area contributed by atoms with Crippen LogP contribution in [0.2, 0.25) is 5.15 Å². The van der Waals surface area contributed by atoms with E-state index in [1.165, 1.54) is 0 Å². The van der Waals surface area contributed by atoms with Gasteiger partial charge in [0.2, 0.25) is 0 Å². The van der Waals surface area contributed by atoms with Gasteiger partial charge in [-0.1, -0.05) is 17.7 Å². The maximum absolute atomic E-state index is 5.75. The topological polar surface area (TPSA) is 77.8 Å². The second-order valence-electron chi connectivity index (χ2n) is 3.48. The lowest BCUT2D eigenvalue weighted by Gasteiger charge is -2.05. The molecule has 82 valence electrons. The first-order chi connectivity index (χ1) is 7.65. The van der Waals surface area contributed by atoms with Gasteiger partial charge in [-0.2, -0.15) is 0 Å². The molecule has 0 bridgehead atoms. The number of hydrogen-bond donors (Lipinski definition) is 2. The van der Waals surface area contributed by atoms with Gasteiger partial charge < -0.3 is 11.5 Å². The minimum Gasteiger partial charge on any atom is -0.397 e. The molecule has 2 aromatic heterocycles. The third-order valence-electron chi connectivity index (χ3n) is 2.21. The molecular weight excluding hydrogens is 224 g/mol. The van der Waals surface area contributed by atoms with Crippen molar-refractivity contribution in [3.8, 4) is 0 Å². The summed E-state index contributed by atoms with van der Waals surface area (Å²) in [5.74, 6) is 0.490. The van der Waals surface area contributed by atoms with Crippen molar-refractivity contribution < 1.29 is 0 Å². The summed E-state index contributed by atoms with van der Waals surface area (Å²) < 4.78 is 0. The zero-order valence-corrected chi connectivity index (χ0v) is 9.28. The van der Waals surface area contributed by atoms with Crippen molar-refractivity contribution in [1.29, 1.82) is 0 Å². The van der Waals surface area contributed by atoms with Crippen LogP contribution in [0.4, 0.5) is 11.5 Å². The molecule has 0 fully saturated rings. The van der Waals surface area contributed by atoms with Crippen molar-refractivity contribution in [2.24, 2.45) is 0 Å². The molecule has 0 aliphatic heterocycles. The fourth-order valence-electron chi connectivity index (χ4n) is 1.41. The highest BCUT2D eigenvalue weighted by Crippen LogP contribution is 2.17. The highest BCUT2D eigenvalue weighted by molar-refractivity contribution is 6.29. The molecule has 0 unspecified atom stereocenters. The Hall–Kier alpha value is -1.81. The van der Waals surface area contributed by atoms with E-state index in [-0.39, 0.29) is 0 Å². The lowest BCUT2D eigenvalue weighted by Crippen LogP contribution is -2.00. The molecule has 2 aromatic rings. The molecule has 2 heterocycles. The minimum absolute atomic E-state index is 0.474. The van der Waals surface area contributed by atoms with Crippen LogP contribution in [0.5, 0.6) is 0 Å². The van der Waals surface area contributed by atoms with E-state index < -0.39 is 0 Å². The van der Waals surface area contributed by atoms with E-state index >= 15 is 0 Å². The first-order valence-corrected chi connectivity index (χ1v) is 5.13. The van der Waals surface area contributed by atoms with E-state index in [1.54, 1.807) is 18.5 Å². The van der Waals surface area contributed by atoms with Crippen LogP contribution >= 0.6 is 11.6 Å². The molecule has 0 saturated heterocycles. The maximum atomic E-state index is 5.75. The second-order valence-corrected chi connectivity index (χ2v) is 3.87. The SMILES string of the molecule is Nc1cnc(N)c(Cc2ccc(Cl)nc2)c1. The summed E-state index contributed by atoms with van der Waals surface area (Å²) >= 11 is 5.70. The first kappa shape index (κ1) is 10.7. The van der Waals surface area contributed by atoms with Gasteiger partial charge in [0, 0.05) is 18.2 Å². The molecule has 4 nitrogen and oxygen atoms in total. The molecular formula is C11H11ClN4. The van der Waals surface area contributed by atoms with Crippen LogP contribution in [0.15, 0.2) is 30.6 Å². The number of nitrogen functional groups attached to an aromatic ring is 2. The van der Waals surface area contributed by atoms with Crippen molar-refractivity contribution >= 4 is 23.1 Å². The highest BCUT2D eigenvalue weighted by atomic mass is 35.5. The number of halogens is 1. The zero-order chi connectivity index (χ0) is 11.5. The molecule has 5 heteroatoms. The van der Waals surface area contributed by atoms with Gasteiger partial charge in [0.05, 0.1) is 11.9 Å². The Morgan fingerprint density at radius 3 is 2.62 bits per heavy atom. The highest BCUT2D eigenvalue weighted by Gasteiger charge is 2.03. The van der Waals surface area contributed by atoms with Crippen LogP contribution in [0.1, 0.15) is 11.1 Å². The van der Waals surface area contributed by atoms with Gasteiger partial charge in [-0.15, -0.1) is 0 Å². The normalized spacial score (nSPS) is 10.3. The lowest BCUT2D eigenvalue weighted by atomic mass is 10.1. The molecule has 0 radical (unpaired) electrons. The zero-order valence-electron chi connectivity index (χ0n) is 8.52. The van der Waals surface area contributed by atoms with E-state index in [4.69, 9.17) is 23.1 Å². The summed E-state index contributed by atoms with van der Waals surface area (Å²) in [6.45, 7) is 0. The van der Waals surface area contributed by atoms with Gasteiger partial charge in [0.1, 0.15) is 11.0 Å². The Labute approximate surface area is 98.3 Å². The van der Waals surface area contributed by atoms with E-state index in [0.717, 1.165) is 11.1 Å². The summed E-state index contributed by atoms with van der Waals surface area (Å²) in [5, 5.41) is 0.474. The Kier molecular flexibility index (Phi) is 2.92. The van der Waals surface area contributed by atoms with E-state index in [9.17, 15) is 0 Å². The third-order valence-corrected chi connectivity index (χ3v) is 2.43. The maximum Gasteiger partial charge on any atom is 0.129 e. The molecule has 4 N–H and O–H groups in total. The molecule has 0 aliphatic carbocycles. The van der Waals surface area contributed by atoms with Gasteiger partial charge in [-0.3, -0.25) is 0 Å². The van der Waals surface area contributed by atoms with Crippen LogP contribution in [0.25, 0.3) is 0 Å². The Morgan fingerprint density at radius 1 is 1.12 bits per heavy atom. The van der Waals surface area contributed by atoms with Gasteiger partial charge >= 0.3 is 0 Å². The number of hydrogen-bond acceptors (Lipinski definition) is 4. The summed E-state index contributed by atoms with van der Waals surface area (Å²) in [6, 6.07) is 5.46. The van der Waals surface area contributed by atoms with Crippen LogP contribution in [-0.2, 0) is 6.42 Å². The Balaban J connectivity index is 2.26. The van der Waals surface area contributed by atoms with Gasteiger partial charge in [0.15, 0.2) is 0 Å². The van der Waals surface area contributed by atoms with Gasteiger partial charge in [-0.05, 0) is 17.7 Å². The lowest BCUT2D eigenvalue weighted by molar-refractivity contribution is 1.13. The first-order valence-electron chi connectivity index (χ1n) is 4.75. The standard InChI is InChI=1S/C11H11ClN4/c12-10-2-1-7(5-15-10)3-8-4-9(13)6-16-11(8)14/h1-2,4-6H,3,13H2,(H2,14,16). The Morgan fingerprint density at radius 2 is 1.94 bits per heavy atom. The number of rotatable bonds is 2. The average Bonchev–Trinajstić information content (AvgIpc) is 2.27. The number of nitrogens with two attached hydrogens (primary N) is 2. The number of aromatic nitrogens is 2. The fourth-order valence-corrected chi connectivity index (χ4v) is 1.52. The van der Waals surface area contributed by atoms with Crippen molar-refractivity contribution in [3.63, 3.8) is 0 Å². The molecule has 0 aromatic carbocycles. The van der Waals surface area contributed by atoms with Crippen molar-refractivity contribution in [2.45, 2.75) is 6.42 Å². The minimum atomic E-state index is 0.474. The predicted octanol–water partition coefficient (Wildman–Crippen LogP) is 1.89. The third kappa shape index (κ3) is 2.41. The van der Waals surface area contributed by atoms with E-state index in [0.29, 0.717) is 23.1 Å². The van der Waals surface area contributed by atoms with Gasteiger partial charge in [0.25, 0.3) is 0 Å². The van der Waals surface area contributed by atoms with Gasteiger partial charge in [-0.25, -0.2) is 9.97 Å². The largest absolute Gasteiger partial charge is 0.397 e. The van der Waals surface area contributed by atoms with Crippen LogP contribution in [0.3, 0.4) is 0 Å². The monoisotopic (exact) mass is 234 g/mol. The molecule has 0 spiro atoms. The fraction of sp³-hybridized carbons (Fsp3) is 0.0909. The van der Waals surface area contributed by atoms with Crippen molar-refractivity contribution in [2.75, 3.05) is 11.5 Å². The summed E-state index contributed by atoms with van der Waals surface area (Å²) in [5.41, 5.74) is 13.9. The van der Waals surface area contributed by atoms with Crippen LogP contribution in [-0.4, -0.2) is 9.97 Å². The molecule has 0 saturated carbocycles. The molecule has 0 aliphatic rings. The predicted molar refractivity (Wildman–Crippen MR) is 65.1 cm³/mol. The summed E-state index contributed by atoms with van der Waals surface area (Å²) in [6.07, 6.45) is 3.90. The quantitative estimate of drug-likeness (QED) is 0.778. The van der Waals surface area contributed by atoms with Crippen molar-refractivity contribution in [3.05, 3.63) is 46.9 Å². The molecule has 0 amide bonds. The number of nitrogens with zero attached hydrogens (tertiary/aromatic N) is 2. The number of pyridine rings is 2. The average molecular weight is 235 g/mol. The summed E-state index contributed by atoms with van der Waals surface area (Å²) in [4.78, 5) is 8.00. The number of anilines is 2.